The third kappa shape index (κ3) is 6.00. The van der Waals surface area contributed by atoms with Crippen LogP contribution in [0.4, 0.5) is 15.9 Å². The molecule has 1 aliphatic rings. The lowest BCUT2D eigenvalue weighted by molar-refractivity contribution is 0.0713. The summed E-state index contributed by atoms with van der Waals surface area (Å²) in [5.74, 6) is -0.0872. The summed E-state index contributed by atoms with van der Waals surface area (Å²) in [6, 6.07) is 14.5. The van der Waals surface area contributed by atoms with Crippen molar-refractivity contribution < 1.29 is 17.6 Å². The van der Waals surface area contributed by atoms with Crippen LogP contribution >= 0.6 is 12.2 Å². The molecule has 41 heavy (non-hydrogen) atoms. The number of rotatable bonds is 7. The monoisotopic (exact) mass is 595 g/mol. The zero-order valence-corrected chi connectivity index (χ0v) is 24.2. The molecule has 0 spiro atoms. The van der Waals surface area contributed by atoms with Crippen LogP contribution in [-0.4, -0.2) is 58.6 Å². The first-order valence-corrected chi connectivity index (χ1v) is 15.1. The Labute approximate surface area is 243 Å². The Hall–Kier alpha value is -4.10. The minimum Gasteiger partial charge on any atom is -0.362 e. The molecule has 3 N–H and O–H groups in total. The molecule has 2 aromatic heterocycles. The van der Waals surface area contributed by atoms with Gasteiger partial charge in [0.15, 0.2) is 15.7 Å². The third-order valence-corrected chi connectivity index (χ3v) is 8.79. The van der Waals surface area contributed by atoms with Gasteiger partial charge in [-0.1, -0.05) is 30.3 Å². The number of sulfonamides is 1. The number of amides is 1. The molecule has 0 radical (unpaired) electrons. The number of carbonyl (C=O) groups excluding carboxylic acids is 1. The third-order valence-electron chi connectivity index (χ3n) is 7.07. The van der Waals surface area contributed by atoms with E-state index in [1.165, 1.54) is 28.4 Å². The number of piperidine rings is 1. The van der Waals surface area contributed by atoms with Crippen molar-refractivity contribution >= 4 is 50.4 Å². The Morgan fingerprint density at radius 2 is 1.85 bits per heavy atom. The van der Waals surface area contributed by atoms with Gasteiger partial charge in [0.05, 0.1) is 6.20 Å². The number of hydrogen-bond acceptors (Lipinski definition) is 7. The van der Waals surface area contributed by atoms with E-state index in [2.05, 4.69) is 37.6 Å². The maximum absolute atomic E-state index is 13.8. The van der Waals surface area contributed by atoms with Crippen molar-refractivity contribution in [1.82, 2.24) is 29.5 Å². The Morgan fingerprint density at radius 1 is 1.12 bits per heavy atom. The van der Waals surface area contributed by atoms with Crippen LogP contribution in [0.15, 0.2) is 65.8 Å². The Kier molecular flexibility index (Phi) is 8.18. The van der Waals surface area contributed by atoms with Crippen molar-refractivity contribution in [3.63, 3.8) is 0 Å². The van der Waals surface area contributed by atoms with E-state index in [0.29, 0.717) is 36.8 Å². The smallest absolute Gasteiger partial charge is 0.269 e. The summed E-state index contributed by atoms with van der Waals surface area (Å²) < 4.78 is 43.6. The van der Waals surface area contributed by atoms with E-state index < -0.39 is 15.8 Å². The van der Waals surface area contributed by atoms with Crippen LogP contribution in [0.5, 0.6) is 0 Å². The SMILES string of the molecule is CCNC(=S)NS(=O)(=O)c1cnn2c(Nc3ccc(F)cc3C)c(C(=O)N3CCC(c4ccccc4)CC3)cnc12. The molecule has 214 valence electrons. The van der Waals surface area contributed by atoms with Crippen LogP contribution in [-0.2, 0) is 10.0 Å². The number of nitrogens with one attached hydrogen (secondary N) is 3. The molecule has 13 heteroatoms. The molecule has 0 aliphatic carbocycles. The summed E-state index contributed by atoms with van der Waals surface area (Å²) in [7, 11) is -4.13. The predicted octanol–water partition coefficient (Wildman–Crippen LogP) is 4.11. The number of aromatic nitrogens is 3. The second-order valence-electron chi connectivity index (χ2n) is 9.79. The second-order valence-corrected chi connectivity index (χ2v) is 11.9. The Morgan fingerprint density at radius 3 is 2.54 bits per heavy atom. The first kappa shape index (κ1) is 28.4. The van der Waals surface area contributed by atoms with Crippen LogP contribution in [0.3, 0.4) is 0 Å². The van der Waals surface area contributed by atoms with Gasteiger partial charge < -0.3 is 15.5 Å². The number of anilines is 2. The quantitative estimate of drug-likeness (QED) is 0.273. The predicted molar refractivity (Wildman–Crippen MR) is 158 cm³/mol. The molecule has 0 atom stereocenters. The van der Waals surface area contributed by atoms with Gasteiger partial charge in [-0.25, -0.2) is 17.8 Å². The van der Waals surface area contributed by atoms with Gasteiger partial charge in [-0.05, 0) is 74.2 Å². The summed E-state index contributed by atoms with van der Waals surface area (Å²) in [5, 5.41) is 10.2. The molecule has 1 fully saturated rings. The van der Waals surface area contributed by atoms with E-state index in [4.69, 9.17) is 12.2 Å². The molecular weight excluding hydrogens is 565 g/mol. The van der Waals surface area contributed by atoms with Crippen LogP contribution < -0.4 is 15.4 Å². The first-order valence-electron chi connectivity index (χ1n) is 13.2. The maximum atomic E-state index is 13.8. The van der Waals surface area contributed by atoms with E-state index in [0.717, 1.165) is 19.0 Å². The Balaban J connectivity index is 1.51. The van der Waals surface area contributed by atoms with Crippen LogP contribution in [0.25, 0.3) is 5.65 Å². The van der Waals surface area contributed by atoms with Gasteiger partial charge in [-0.2, -0.15) is 9.61 Å². The average Bonchev–Trinajstić information content (AvgIpc) is 3.40. The molecule has 10 nitrogen and oxygen atoms in total. The maximum Gasteiger partial charge on any atom is 0.269 e. The fourth-order valence-electron chi connectivity index (χ4n) is 4.96. The number of carbonyl (C=O) groups is 1. The summed E-state index contributed by atoms with van der Waals surface area (Å²) in [4.78, 5) is 19.8. The Bertz CT molecular complexity index is 1700. The molecule has 3 heterocycles. The van der Waals surface area contributed by atoms with Gasteiger partial charge >= 0.3 is 0 Å². The van der Waals surface area contributed by atoms with E-state index in [9.17, 15) is 17.6 Å². The van der Waals surface area contributed by atoms with E-state index >= 15 is 0 Å². The number of likely N-dealkylation sites (tertiary alicyclic amines) is 1. The average molecular weight is 596 g/mol. The summed E-state index contributed by atoms with van der Waals surface area (Å²) >= 11 is 5.06. The molecule has 1 saturated heterocycles. The number of aryl methyl sites for hydroxylation is 1. The fraction of sp³-hybridized carbons (Fsp3) is 0.286. The van der Waals surface area contributed by atoms with Crippen molar-refractivity contribution in [3.8, 4) is 0 Å². The minimum absolute atomic E-state index is 0.00148. The zero-order chi connectivity index (χ0) is 29.1. The number of hydrogen-bond donors (Lipinski definition) is 3. The van der Waals surface area contributed by atoms with Gasteiger partial charge in [0.1, 0.15) is 17.2 Å². The number of benzene rings is 2. The largest absolute Gasteiger partial charge is 0.362 e. The zero-order valence-electron chi connectivity index (χ0n) is 22.6. The van der Waals surface area contributed by atoms with Crippen molar-refractivity contribution in [2.45, 2.75) is 37.5 Å². The van der Waals surface area contributed by atoms with E-state index in [-0.39, 0.29) is 32.9 Å². The standard InChI is InChI=1S/C28H30FN7O3S2/c1-3-30-28(40)34-41(38,39)24-17-32-36-25(33-23-10-9-21(29)15-18(23)2)22(16-31-26(24)36)27(37)35-13-11-20(12-14-35)19-7-5-4-6-8-19/h4-10,15-17,20,33H,3,11-14H2,1-2H3,(H2,30,34,40). The molecule has 2 aromatic carbocycles. The number of thiocarbonyl (C=S) groups is 1. The molecule has 0 bridgehead atoms. The first-order chi connectivity index (χ1) is 19.7. The minimum atomic E-state index is -4.13. The molecule has 0 unspecified atom stereocenters. The highest BCUT2D eigenvalue weighted by Crippen LogP contribution is 2.31. The highest BCUT2D eigenvalue weighted by atomic mass is 32.2. The van der Waals surface area contributed by atoms with Crippen molar-refractivity contribution in [2.75, 3.05) is 25.0 Å². The van der Waals surface area contributed by atoms with Crippen LogP contribution in [0, 0.1) is 12.7 Å². The lowest BCUT2D eigenvalue weighted by Crippen LogP contribution is -2.39. The molecule has 4 aromatic rings. The van der Waals surface area contributed by atoms with Crippen molar-refractivity contribution in [1.29, 1.82) is 0 Å². The second kappa shape index (κ2) is 11.8. The highest BCUT2D eigenvalue weighted by Gasteiger charge is 2.30. The number of nitrogens with zero attached hydrogens (tertiary/aromatic N) is 4. The van der Waals surface area contributed by atoms with Gasteiger partial charge in [0, 0.05) is 31.5 Å². The summed E-state index contributed by atoms with van der Waals surface area (Å²) in [5.41, 5.74) is 2.59. The summed E-state index contributed by atoms with van der Waals surface area (Å²) in [6.45, 7) is 5.05. The van der Waals surface area contributed by atoms with Gasteiger partial charge in [0.25, 0.3) is 15.9 Å². The van der Waals surface area contributed by atoms with E-state index in [1.54, 1.807) is 24.8 Å². The normalized spacial score (nSPS) is 14.2. The fourth-order valence-corrected chi connectivity index (χ4v) is 6.42. The molecular formula is C28H30FN7O3S2. The van der Waals surface area contributed by atoms with Crippen LogP contribution in [0.1, 0.15) is 47.2 Å². The number of fused-ring (bicyclic) bond motifs is 1. The van der Waals surface area contributed by atoms with Crippen LogP contribution in [0.2, 0.25) is 0 Å². The lowest BCUT2D eigenvalue weighted by atomic mass is 9.89. The lowest BCUT2D eigenvalue weighted by Gasteiger charge is -2.32. The highest BCUT2D eigenvalue weighted by molar-refractivity contribution is 7.92. The van der Waals surface area contributed by atoms with Gasteiger partial charge in [-0.15, -0.1) is 0 Å². The molecule has 5 rings (SSSR count). The molecule has 0 saturated carbocycles. The molecule has 1 aliphatic heterocycles. The molecule has 1 amide bonds. The van der Waals surface area contributed by atoms with E-state index in [1.807, 2.05) is 18.2 Å². The topological polar surface area (TPSA) is 121 Å². The van der Waals surface area contributed by atoms with Crippen molar-refractivity contribution in [2.24, 2.45) is 0 Å². The summed E-state index contributed by atoms with van der Waals surface area (Å²) in [6.07, 6.45) is 4.13. The van der Waals surface area contributed by atoms with Crippen molar-refractivity contribution in [3.05, 3.63) is 83.4 Å². The van der Waals surface area contributed by atoms with Gasteiger partial charge in [-0.3, -0.25) is 9.52 Å². The van der Waals surface area contributed by atoms with Gasteiger partial charge in [0.2, 0.25) is 0 Å². The number of halogens is 1.